The Labute approximate surface area is 171 Å². The van der Waals surface area contributed by atoms with Crippen LogP contribution in [-0.4, -0.2) is 42.2 Å². The van der Waals surface area contributed by atoms with Gasteiger partial charge in [-0.25, -0.2) is 4.39 Å². The molecule has 8 heteroatoms. The van der Waals surface area contributed by atoms with Gasteiger partial charge in [0.05, 0.1) is 11.5 Å². The lowest BCUT2D eigenvalue weighted by atomic mass is 10.1. The molecule has 0 aliphatic carbocycles. The molecule has 29 heavy (non-hydrogen) atoms. The second-order valence-electron chi connectivity index (χ2n) is 6.27. The molecule has 0 radical (unpaired) electrons. The second-order valence-corrected chi connectivity index (χ2v) is 7.27. The molecular formula is C21H19FN2O4S. The van der Waals surface area contributed by atoms with E-state index < -0.39 is 11.1 Å². The van der Waals surface area contributed by atoms with Gasteiger partial charge in [0.25, 0.3) is 17.1 Å². The van der Waals surface area contributed by atoms with Crippen LogP contribution >= 0.6 is 11.8 Å². The number of carbonyl (C=O) groups excluding carboxylic acids is 3. The molecule has 0 aromatic heterocycles. The molecule has 2 aromatic rings. The maximum absolute atomic E-state index is 13.0. The highest BCUT2D eigenvalue weighted by molar-refractivity contribution is 8.18. The van der Waals surface area contributed by atoms with E-state index in [4.69, 9.17) is 4.74 Å². The zero-order valence-corrected chi connectivity index (χ0v) is 16.5. The smallest absolute Gasteiger partial charge is 0.293 e. The van der Waals surface area contributed by atoms with Crippen LogP contribution in [0.4, 0.5) is 9.18 Å². The van der Waals surface area contributed by atoms with Gasteiger partial charge in [0, 0.05) is 25.8 Å². The van der Waals surface area contributed by atoms with Crippen LogP contribution in [0.15, 0.2) is 53.4 Å². The van der Waals surface area contributed by atoms with Crippen molar-refractivity contribution >= 4 is 34.9 Å². The van der Waals surface area contributed by atoms with Gasteiger partial charge < -0.3 is 10.1 Å². The summed E-state index contributed by atoms with van der Waals surface area (Å²) in [6, 6.07) is 12.7. The number of hydrogen-bond acceptors (Lipinski definition) is 5. The number of benzene rings is 2. The minimum atomic E-state index is -0.430. The fourth-order valence-corrected chi connectivity index (χ4v) is 3.62. The number of rotatable bonds is 7. The van der Waals surface area contributed by atoms with E-state index in [1.54, 1.807) is 31.4 Å². The van der Waals surface area contributed by atoms with Gasteiger partial charge in [-0.15, -0.1) is 0 Å². The molecule has 150 valence electrons. The van der Waals surface area contributed by atoms with E-state index in [9.17, 15) is 18.8 Å². The Hall–Kier alpha value is -2.97. The highest BCUT2D eigenvalue weighted by Gasteiger charge is 2.34. The third-order valence-electron chi connectivity index (χ3n) is 4.16. The number of hydrogen-bond donors (Lipinski definition) is 1. The van der Waals surface area contributed by atoms with E-state index in [0.29, 0.717) is 17.7 Å². The molecule has 6 nitrogen and oxygen atoms in total. The lowest BCUT2D eigenvalue weighted by Gasteiger charge is -2.13. The normalized spacial score (nSPS) is 15.2. The van der Waals surface area contributed by atoms with Gasteiger partial charge in [0.1, 0.15) is 5.82 Å². The summed E-state index contributed by atoms with van der Waals surface area (Å²) in [5, 5.41) is 2.31. The molecule has 1 aliphatic rings. The molecular weight excluding hydrogens is 395 g/mol. The van der Waals surface area contributed by atoms with Crippen LogP contribution in [0.25, 0.3) is 6.08 Å². The molecule has 2 aromatic carbocycles. The predicted octanol–water partition coefficient (Wildman–Crippen LogP) is 3.44. The SMILES string of the molecule is COCc1cccc(C(=O)NCCN2C(=O)S/C(=C/c3ccc(F)cc3)C2=O)c1. The number of nitrogens with one attached hydrogen (secondary N) is 1. The highest BCUT2D eigenvalue weighted by atomic mass is 32.2. The highest BCUT2D eigenvalue weighted by Crippen LogP contribution is 2.31. The third-order valence-corrected chi connectivity index (χ3v) is 5.07. The molecule has 0 atom stereocenters. The van der Waals surface area contributed by atoms with E-state index in [2.05, 4.69) is 5.32 Å². The number of nitrogens with zero attached hydrogens (tertiary/aromatic N) is 1. The number of thioether (sulfide) groups is 1. The van der Waals surface area contributed by atoms with Gasteiger partial charge in [-0.2, -0.15) is 0 Å². The van der Waals surface area contributed by atoms with E-state index in [-0.39, 0.29) is 29.7 Å². The summed E-state index contributed by atoms with van der Waals surface area (Å²) in [6.07, 6.45) is 1.55. The monoisotopic (exact) mass is 414 g/mol. The predicted molar refractivity (Wildman–Crippen MR) is 109 cm³/mol. The number of ether oxygens (including phenoxy) is 1. The molecule has 0 bridgehead atoms. The molecule has 0 spiro atoms. The van der Waals surface area contributed by atoms with Gasteiger partial charge in [0.15, 0.2) is 0 Å². The largest absolute Gasteiger partial charge is 0.380 e. The van der Waals surface area contributed by atoms with Gasteiger partial charge in [-0.1, -0.05) is 24.3 Å². The molecule has 0 saturated carbocycles. The summed E-state index contributed by atoms with van der Waals surface area (Å²) < 4.78 is 18.0. The Bertz CT molecular complexity index is 959. The molecule has 3 rings (SSSR count). The zero-order chi connectivity index (χ0) is 20.8. The standard InChI is InChI=1S/C21H19FN2O4S/c1-28-13-15-3-2-4-16(11-15)19(25)23-9-10-24-20(26)18(29-21(24)27)12-14-5-7-17(22)8-6-14/h2-8,11-12H,9-10,13H2,1H3,(H,23,25)/b18-12+. The lowest BCUT2D eigenvalue weighted by molar-refractivity contribution is -0.122. The number of amides is 3. The van der Waals surface area contributed by atoms with E-state index in [1.165, 1.54) is 24.3 Å². The summed E-state index contributed by atoms with van der Waals surface area (Å²) in [4.78, 5) is 38.2. The molecule has 1 heterocycles. The first-order chi connectivity index (χ1) is 14.0. The quantitative estimate of drug-likeness (QED) is 0.703. The van der Waals surface area contributed by atoms with Gasteiger partial charge in [-0.3, -0.25) is 19.3 Å². The second kappa shape index (κ2) is 9.49. The molecule has 3 amide bonds. The Morgan fingerprint density at radius 2 is 1.97 bits per heavy atom. The van der Waals surface area contributed by atoms with Gasteiger partial charge in [0.2, 0.25) is 0 Å². The molecule has 0 unspecified atom stereocenters. The van der Waals surface area contributed by atoms with Crippen molar-refractivity contribution in [3.8, 4) is 0 Å². The Kier molecular flexibility index (Phi) is 6.79. The van der Waals surface area contributed by atoms with Crippen molar-refractivity contribution < 1.29 is 23.5 Å². The lowest BCUT2D eigenvalue weighted by Crippen LogP contribution is -2.37. The third kappa shape index (κ3) is 5.30. The first-order valence-electron chi connectivity index (χ1n) is 8.85. The van der Waals surface area contributed by atoms with Crippen LogP contribution < -0.4 is 5.32 Å². The van der Waals surface area contributed by atoms with E-state index in [1.807, 2.05) is 6.07 Å². The van der Waals surface area contributed by atoms with Crippen molar-refractivity contribution in [3.05, 3.63) is 75.9 Å². The summed E-state index contributed by atoms with van der Waals surface area (Å²) in [5.74, 6) is -1.10. The number of imide groups is 1. The van der Waals surface area contributed by atoms with Crippen LogP contribution in [0.5, 0.6) is 0 Å². The maximum atomic E-state index is 13.0. The topological polar surface area (TPSA) is 75.7 Å². The van der Waals surface area contributed by atoms with Crippen LogP contribution in [0.2, 0.25) is 0 Å². The Morgan fingerprint density at radius 1 is 1.21 bits per heavy atom. The molecule has 1 saturated heterocycles. The van der Waals surface area contributed by atoms with Crippen LogP contribution in [0.1, 0.15) is 21.5 Å². The first-order valence-corrected chi connectivity index (χ1v) is 9.66. The molecule has 1 aliphatic heterocycles. The minimum absolute atomic E-state index is 0.0644. The van der Waals surface area contributed by atoms with Crippen molar-refractivity contribution in [2.24, 2.45) is 0 Å². The summed E-state index contributed by atoms with van der Waals surface area (Å²) in [5.41, 5.74) is 1.98. The summed E-state index contributed by atoms with van der Waals surface area (Å²) in [7, 11) is 1.58. The van der Waals surface area contributed by atoms with Crippen LogP contribution in [0, 0.1) is 5.82 Å². The summed E-state index contributed by atoms with van der Waals surface area (Å²) >= 11 is 0.822. The first kappa shape index (κ1) is 20.8. The molecule has 1 fully saturated rings. The van der Waals surface area contributed by atoms with Crippen molar-refractivity contribution in [2.45, 2.75) is 6.61 Å². The maximum Gasteiger partial charge on any atom is 0.293 e. The van der Waals surface area contributed by atoms with E-state index in [0.717, 1.165) is 22.2 Å². The van der Waals surface area contributed by atoms with Gasteiger partial charge in [-0.05, 0) is 53.2 Å². The van der Waals surface area contributed by atoms with Crippen LogP contribution in [-0.2, 0) is 16.1 Å². The Balaban J connectivity index is 1.57. The molecule has 1 N–H and O–H groups in total. The number of halogens is 1. The van der Waals surface area contributed by atoms with Crippen molar-refractivity contribution in [1.82, 2.24) is 10.2 Å². The van der Waals surface area contributed by atoms with E-state index >= 15 is 0 Å². The number of methoxy groups -OCH3 is 1. The van der Waals surface area contributed by atoms with Gasteiger partial charge >= 0.3 is 0 Å². The average molecular weight is 414 g/mol. The number of carbonyl (C=O) groups is 3. The zero-order valence-electron chi connectivity index (χ0n) is 15.7. The summed E-state index contributed by atoms with van der Waals surface area (Å²) in [6.45, 7) is 0.600. The fourth-order valence-electron chi connectivity index (χ4n) is 2.76. The van der Waals surface area contributed by atoms with Crippen molar-refractivity contribution in [3.63, 3.8) is 0 Å². The fraction of sp³-hybridized carbons (Fsp3) is 0.190. The Morgan fingerprint density at radius 3 is 2.69 bits per heavy atom. The average Bonchev–Trinajstić information content (AvgIpc) is 2.97. The van der Waals surface area contributed by atoms with Crippen molar-refractivity contribution in [2.75, 3.05) is 20.2 Å². The van der Waals surface area contributed by atoms with Crippen molar-refractivity contribution in [1.29, 1.82) is 0 Å². The minimum Gasteiger partial charge on any atom is -0.380 e. The van der Waals surface area contributed by atoms with Crippen LogP contribution in [0.3, 0.4) is 0 Å².